The summed E-state index contributed by atoms with van der Waals surface area (Å²) in [5.74, 6) is -0.615. The second-order valence-corrected chi connectivity index (χ2v) is 4.65. The molecular formula is C17H18FNO2. The summed E-state index contributed by atoms with van der Waals surface area (Å²) < 4.78 is 19.0. The monoisotopic (exact) mass is 287 g/mol. The molecule has 110 valence electrons. The standard InChI is InChI=1S/C17H18FNO2/c1-2-15(21-16-11-7-6-10-14(16)18)17(20)19-12-13-8-4-3-5-9-13/h3-11,15H,2,12H2,1H3,(H,19,20). The molecule has 0 aliphatic heterocycles. The zero-order valence-electron chi connectivity index (χ0n) is 11.9. The van der Waals surface area contributed by atoms with Crippen LogP contribution in [0.25, 0.3) is 0 Å². The van der Waals surface area contributed by atoms with E-state index in [1.165, 1.54) is 12.1 Å². The summed E-state index contributed by atoms with van der Waals surface area (Å²) in [7, 11) is 0. The number of hydrogen-bond acceptors (Lipinski definition) is 2. The first-order valence-electron chi connectivity index (χ1n) is 6.93. The first-order valence-corrected chi connectivity index (χ1v) is 6.93. The van der Waals surface area contributed by atoms with Crippen LogP contribution in [0.2, 0.25) is 0 Å². The van der Waals surface area contributed by atoms with Crippen LogP contribution in [0.1, 0.15) is 18.9 Å². The van der Waals surface area contributed by atoms with E-state index in [2.05, 4.69) is 5.32 Å². The number of ether oxygens (including phenoxy) is 1. The van der Waals surface area contributed by atoms with Gasteiger partial charge in [0.2, 0.25) is 0 Å². The van der Waals surface area contributed by atoms with Gasteiger partial charge in [-0.15, -0.1) is 0 Å². The molecule has 0 spiro atoms. The molecule has 0 bridgehead atoms. The number of rotatable bonds is 6. The first kappa shape index (κ1) is 15.0. The second kappa shape index (κ2) is 7.43. The minimum absolute atomic E-state index is 0.0965. The van der Waals surface area contributed by atoms with E-state index in [9.17, 15) is 9.18 Å². The van der Waals surface area contributed by atoms with Gasteiger partial charge in [-0.05, 0) is 24.1 Å². The number of hydrogen-bond donors (Lipinski definition) is 1. The van der Waals surface area contributed by atoms with E-state index in [-0.39, 0.29) is 11.7 Å². The SMILES string of the molecule is CCC(Oc1ccccc1F)C(=O)NCc1ccccc1. The Labute approximate surface area is 123 Å². The molecule has 2 aromatic rings. The van der Waals surface area contributed by atoms with Crippen molar-refractivity contribution in [2.75, 3.05) is 0 Å². The highest BCUT2D eigenvalue weighted by atomic mass is 19.1. The summed E-state index contributed by atoms with van der Waals surface area (Å²) in [6.45, 7) is 2.25. The van der Waals surface area contributed by atoms with Gasteiger partial charge in [-0.3, -0.25) is 4.79 Å². The maximum absolute atomic E-state index is 13.5. The molecule has 0 saturated carbocycles. The quantitative estimate of drug-likeness (QED) is 0.885. The van der Waals surface area contributed by atoms with Gasteiger partial charge in [-0.2, -0.15) is 0 Å². The van der Waals surface area contributed by atoms with Crippen LogP contribution < -0.4 is 10.1 Å². The summed E-state index contributed by atoms with van der Waals surface area (Å²) in [5.41, 5.74) is 1.01. The van der Waals surface area contributed by atoms with E-state index >= 15 is 0 Å². The lowest BCUT2D eigenvalue weighted by molar-refractivity contribution is -0.128. The molecule has 21 heavy (non-hydrogen) atoms. The van der Waals surface area contributed by atoms with E-state index in [0.29, 0.717) is 13.0 Å². The number of nitrogens with one attached hydrogen (secondary N) is 1. The van der Waals surface area contributed by atoms with Crippen molar-refractivity contribution < 1.29 is 13.9 Å². The number of carbonyl (C=O) groups is 1. The molecule has 0 aliphatic rings. The Morgan fingerprint density at radius 3 is 2.48 bits per heavy atom. The van der Waals surface area contributed by atoms with Gasteiger partial charge in [0.25, 0.3) is 5.91 Å². The van der Waals surface area contributed by atoms with Crippen LogP contribution in [0.4, 0.5) is 4.39 Å². The Hall–Kier alpha value is -2.36. The van der Waals surface area contributed by atoms with Crippen LogP contribution in [0.15, 0.2) is 54.6 Å². The van der Waals surface area contributed by atoms with E-state index in [1.807, 2.05) is 37.3 Å². The number of benzene rings is 2. The molecule has 0 radical (unpaired) electrons. The molecule has 2 rings (SSSR count). The zero-order valence-corrected chi connectivity index (χ0v) is 11.9. The lowest BCUT2D eigenvalue weighted by Crippen LogP contribution is -2.37. The van der Waals surface area contributed by atoms with E-state index < -0.39 is 11.9 Å². The highest BCUT2D eigenvalue weighted by Crippen LogP contribution is 2.18. The van der Waals surface area contributed by atoms with E-state index in [4.69, 9.17) is 4.74 Å². The van der Waals surface area contributed by atoms with Crippen molar-refractivity contribution in [2.45, 2.75) is 26.0 Å². The topological polar surface area (TPSA) is 38.3 Å². The molecule has 1 amide bonds. The first-order chi connectivity index (χ1) is 10.2. The predicted octanol–water partition coefficient (Wildman–Crippen LogP) is 3.30. The smallest absolute Gasteiger partial charge is 0.261 e. The van der Waals surface area contributed by atoms with Crippen molar-refractivity contribution in [3.8, 4) is 5.75 Å². The van der Waals surface area contributed by atoms with Gasteiger partial charge in [-0.1, -0.05) is 49.4 Å². The average molecular weight is 287 g/mol. The summed E-state index contributed by atoms with van der Waals surface area (Å²) in [4.78, 5) is 12.1. The summed E-state index contributed by atoms with van der Waals surface area (Å²) in [6, 6.07) is 15.7. The molecule has 4 heteroatoms. The van der Waals surface area contributed by atoms with Gasteiger partial charge >= 0.3 is 0 Å². The molecule has 2 aromatic carbocycles. The van der Waals surface area contributed by atoms with Crippen LogP contribution in [0, 0.1) is 5.82 Å². The fourth-order valence-electron chi connectivity index (χ4n) is 1.91. The highest BCUT2D eigenvalue weighted by molar-refractivity contribution is 5.81. The second-order valence-electron chi connectivity index (χ2n) is 4.65. The summed E-state index contributed by atoms with van der Waals surface area (Å²) >= 11 is 0. The van der Waals surface area contributed by atoms with E-state index in [1.54, 1.807) is 12.1 Å². The van der Waals surface area contributed by atoms with Gasteiger partial charge in [0.15, 0.2) is 17.7 Å². The van der Waals surface area contributed by atoms with Gasteiger partial charge in [-0.25, -0.2) is 4.39 Å². The zero-order chi connectivity index (χ0) is 15.1. The average Bonchev–Trinajstić information content (AvgIpc) is 2.53. The van der Waals surface area contributed by atoms with Gasteiger partial charge in [0.1, 0.15) is 0 Å². The Morgan fingerprint density at radius 1 is 1.14 bits per heavy atom. The molecule has 0 heterocycles. The lowest BCUT2D eigenvalue weighted by atomic mass is 10.2. The van der Waals surface area contributed by atoms with Crippen molar-refractivity contribution in [2.24, 2.45) is 0 Å². The van der Waals surface area contributed by atoms with Gasteiger partial charge in [0.05, 0.1) is 0 Å². The molecule has 1 unspecified atom stereocenters. The van der Waals surface area contributed by atoms with Crippen molar-refractivity contribution >= 4 is 5.91 Å². The van der Waals surface area contributed by atoms with Gasteiger partial charge < -0.3 is 10.1 Å². The molecule has 0 aliphatic carbocycles. The summed E-state index contributed by atoms with van der Waals surface area (Å²) in [5, 5.41) is 2.80. The normalized spacial score (nSPS) is 11.7. The van der Waals surface area contributed by atoms with Crippen molar-refractivity contribution in [1.29, 1.82) is 0 Å². The Kier molecular flexibility index (Phi) is 5.32. The van der Waals surface area contributed by atoms with Crippen molar-refractivity contribution in [1.82, 2.24) is 5.32 Å². The summed E-state index contributed by atoms with van der Waals surface area (Å²) in [6.07, 6.45) is -0.236. The Bertz CT molecular complexity index is 586. The maximum atomic E-state index is 13.5. The van der Waals surface area contributed by atoms with Crippen LogP contribution in [-0.4, -0.2) is 12.0 Å². The minimum atomic E-state index is -0.703. The third kappa shape index (κ3) is 4.31. The fourth-order valence-corrected chi connectivity index (χ4v) is 1.91. The van der Waals surface area contributed by atoms with Gasteiger partial charge in [0, 0.05) is 6.54 Å². The largest absolute Gasteiger partial charge is 0.478 e. The van der Waals surface area contributed by atoms with Crippen LogP contribution in [0.5, 0.6) is 5.75 Å². The molecular weight excluding hydrogens is 269 g/mol. The molecule has 0 fully saturated rings. The highest BCUT2D eigenvalue weighted by Gasteiger charge is 2.19. The lowest BCUT2D eigenvalue weighted by Gasteiger charge is -2.17. The molecule has 1 N–H and O–H groups in total. The molecule has 1 atom stereocenters. The third-order valence-electron chi connectivity index (χ3n) is 3.08. The molecule has 3 nitrogen and oxygen atoms in total. The van der Waals surface area contributed by atoms with E-state index in [0.717, 1.165) is 5.56 Å². The Morgan fingerprint density at radius 2 is 1.81 bits per heavy atom. The number of carbonyl (C=O) groups excluding carboxylic acids is 1. The third-order valence-corrected chi connectivity index (χ3v) is 3.08. The molecule has 0 saturated heterocycles. The maximum Gasteiger partial charge on any atom is 0.261 e. The molecule has 0 aromatic heterocycles. The van der Waals surface area contributed by atoms with Crippen LogP contribution in [0.3, 0.4) is 0 Å². The number of halogens is 1. The van der Waals surface area contributed by atoms with Crippen molar-refractivity contribution in [3.05, 3.63) is 66.0 Å². The Balaban J connectivity index is 1.94. The number of para-hydroxylation sites is 1. The minimum Gasteiger partial charge on any atom is -0.478 e. The van der Waals surface area contributed by atoms with Crippen LogP contribution in [-0.2, 0) is 11.3 Å². The van der Waals surface area contributed by atoms with Crippen molar-refractivity contribution in [3.63, 3.8) is 0 Å². The number of amides is 1. The van der Waals surface area contributed by atoms with Crippen LogP contribution >= 0.6 is 0 Å². The predicted molar refractivity (Wildman–Crippen MR) is 79.4 cm³/mol. The fraction of sp³-hybridized carbons (Fsp3) is 0.235.